The molecule has 0 aliphatic rings. The normalized spacial score (nSPS) is 9.92. The fourth-order valence-electron chi connectivity index (χ4n) is 0.858. The second kappa shape index (κ2) is 5.70. The molecule has 0 aliphatic heterocycles. The summed E-state index contributed by atoms with van der Waals surface area (Å²) in [7, 11) is 0. The van der Waals surface area contributed by atoms with E-state index in [4.69, 9.17) is 0 Å². The lowest BCUT2D eigenvalue weighted by Crippen LogP contribution is -1.91. The Morgan fingerprint density at radius 3 is 3.00 bits per heavy atom. The van der Waals surface area contributed by atoms with Crippen LogP contribution >= 0.6 is 11.8 Å². The van der Waals surface area contributed by atoms with Gasteiger partial charge in [-0.25, -0.2) is 4.98 Å². The number of carbonyl (C=O) groups excluding carboxylic acids is 1. The molecule has 0 spiro atoms. The molecule has 1 rings (SSSR count). The molecule has 0 amide bonds. The molecule has 1 aromatic rings. The smallest absolute Gasteiger partial charge is 0.129 e. The number of rotatable bonds is 5. The Kier molecular flexibility index (Phi) is 4.46. The molecule has 1 heterocycles. The lowest BCUT2D eigenvalue weighted by molar-refractivity contribution is -0.117. The number of hydrogen-bond acceptors (Lipinski definition) is 4. The highest BCUT2D eigenvalue weighted by atomic mass is 32.2. The van der Waals surface area contributed by atoms with Gasteiger partial charge >= 0.3 is 0 Å². The van der Waals surface area contributed by atoms with Gasteiger partial charge in [0.15, 0.2) is 0 Å². The molecule has 4 heteroatoms. The summed E-state index contributed by atoms with van der Waals surface area (Å²) in [4.78, 5) is 18.7. The summed E-state index contributed by atoms with van der Waals surface area (Å²) >= 11 is 1.64. The third-order valence-electron chi connectivity index (χ3n) is 1.46. The fourth-order valence-corrected chi connectivity index (χ4v) is 1.63. The summed E-state index contributed by atoms with van der Waals surface area (Å²) in [5, 5.41) is 0.922. The monoisotopic (exact) mass is 196 g/mol. The van der Waals surface area contributed by atoms with Crippen LogP contribution in [0, 0.1) is 0 Å². The molecule has 70 valence electrons. The van der Waals surface area contributed by atoms with Crippen molar-refractivity contribution in [2.75, 3.05) is 5.75 Å². The molecule has 0 saturated heterocycles. The molecule has 0 N–H and O–H groups in total. The van der Waals surface area contributed by atoms with Crippen LogP contribution in [0.15, 0.2) is 23.6 Å². The van der Waals surface area contributed by atoms with Gasteiger partial charge in [-0.3, -0.25) is 4.98 Å². The first-order chi connectivity index (χ1) is 6.29. The molecular formula is C9H12N2OS. The van der Waals surface area contributed by atoms with Gasteiger partial charge in [0.25, 0.3) is 0 Å². The van der Waals surface area contributed by atoms with Gasteiger partial charge < -0.3 is 4.79 Å². The van der Waals surface area contributed by atoms with Crippen LogP contribution in [-0.4, -0.2) is 21.5 Å². The number of aromatic nitrogens is 2. The second-order valence-electron chi connectivity index (χ2n) is 2.70. The SMILES string of the molecule is CC(=O)CCCSc1cnccn1. The predicted molar refractivity (Wildman–Crippen MR) is 52.7 cm³/mol. The van der Waals surface area contributed by atoms with E-state index in [1.54, 1.807) is 37.3 Å². The standard InChI is InChI=1S/C9H12N2OS/c1-8(12)3-2-6-13-9-7-10-4-5-11-9/h4-5,7H,2-3,6H2,1H3. The highest BCUT2D eigenvalue weighted by molar-refractivity contribution is 7.99. The third kappa shape index (κ3) is 4.62. The van der Waals surface area contributed by atoms with Crippen molar-refractivity contribution in [1.29, 1.82) is 0 Å². The third-order valence-corrected chi connectivity index (χ3v) is 2.46. The van der Waals surface area contributed by atoms with Crippen molar-refractivity contribution in [2.45, 2.75) is 24.8 Å². The van der Waals surface area contributed by atoms with Crippen molar-refractivity contribution >= 4 is 17.5 Å². The first-order valence-electron chi connectivity index (χ1n) is 4.17. The van der Waals surface area contributed by atoms with Gasteiger partial charge in [-0.1, -0.05) is 0 Å². The van der Waals surface area contributed by atoms with Gasteiger partial charge in [-0.15, -0.1) is 11.8 Å². The summed E-state index contributed by atoms with van der Waals surface area (Å²) in [6.45, 7) is 1.62. The van der Waals surface area contributed by atoms with Crippen LogP contribution in [0.4, 0.5) is 0 Å². The first-order valence-corrected chi connectivity index (χ1v) is 5.16. The second-order valence-corrected chi connectivity index (χ2v) is 3.81. The lowest BCUT2D eigenvalue weighted by Gasteiger charge is -1.97. The Morgan fingerprint density at radius 2 is 2.38 bits per heavy atom. The highest BCUT2D eigenvalue weighted by Crippen LogP contribution is 2.14. The van der Waals surface area contributed by atoms with E-state index in [0.29, 0.717) is 6.42 Å². The van der Waals surface area contributed by atoms with Gasteiger partial charge in [0.2, 0.25) is 0 Å². The first kappa shape index (κ1) is 10.2. The van der Waals surface area contributed by atoms with Crippen LogP contribution in [0.5, 0.6) is 0 Å². The highest BCUT2D eigenvalue weighted by Gasteiger charge is 1.96. The number of ketones is 1. The van der Waals surface area contributed by atoms with Crippen molar-refractivity contribution in [2.24, 2.45) is 0 Å². The minimum atomic E-state index is 0.250. The van der Waals surface area contributed by atoms with Crippen molar-refractivity contribution in [1.82, 2.24) is 9.97 Å². The summed E-state index contributed by atoms with van der Waals surface area (Å²) in [5.74, 6) is 1.18. The van der Waals surface area contributed by atoms with Crippen LogP contribution in [0.25, 0.3) is 0 Å². The van der Waals surface area contributed by atoms with Crippen LogP contribution in [-0.2, 0) is 4.79 Å². The zero-order valence-corrected chi connectivity index (χ0v) is 8.38. The minimum Gasteiger partial charge on any atom is -0.300 e. The fraction of sp³-hybridized carbons (Fsp3) is 0.444. The lowest BCUT2D eigenvalue weighted by atomic mass is 10.3. The minimum absolute atomic E-state index is 0.250. The largest absolute Gasteiger partial charge is 0.300 e. The average molecular weight is 196 g/mol. The van der Waals surface area contributed by atoms with E-state index in [-0.39, 0.29) is 5.78 Å². The molecule has 0 aliphatic carbocycles. The van der Waals surface area contributed by atoms with Gasteiger partial charge in [0, 0.05) is 18.8 Å². The zero-order valence-electron chi connectivity index (χ0n) is 7.56. The maximum atomic E-state index is 10.6. The Morgan fingerprint density at radius 1 is 1.54 bits per heavy atom. The van der Waals surface area contributed by atoms with Gasteiger partial charge in [-0.05, 0) is 19.1 Å². The van der Waals surface area contributed by atoms with Crippen molar-refractivity contribution < 1.29 is 4.79 Å². The summed E-state index contributed by atoms with van der Waals surface area (Å²) in [5.41, 5.74) is 0. The van der Waals surface area contributed by atoms with Crippen LogP contribution in [0.3, 0.4) is 0 Å². The van der Waals surface area contributed by atoms with Crippen LogP contribution in [0.1, 0.15) is 19.8 Å². The van der Waals surface area contributed by atoms with Crippen LogP contribution < -0.4 is 0 Å². The molecular weight excluding hydrogens is 184 g/mol. The van der Waals surface area contributed by atoms with E-state index in [9.17, 15) is 4.79 Å². The molecule has 0 fully saturated rings. The van der Waals surface area contributed by atoms with Crippen LogP contribution in [0.2, 0.25) is 0 Å². The van der Waals surface area contributed by atoms with Gasteiger partial charge in [0.1, 0.15) is 10.8 Å². The number of nitrogens with zero attached hydrogens (tertiary/aromatic N) is 2. The van der Waals surface area contributed by atoms with Crippen molar-refractivity contribution in [3.8, 4) is 0 Å². The van der Waals surface area contributed by atoms with Gasteiger partial charge in [-0.2, -0.15) is 0 Å². The van der Waals surface area contributed by atoms with Crippen molar-refractivity contribution in [3.05, 3.63) is 18.6 Å². The quantitative estimate of drug-likeness (QED) is 0.533. The van der Waals surface area contributed by atoms with Crippen molar-refractivity contribution in [3.63, 3.8) is 0 Å². The van der Waals surface area contributed by atoms with E-state index in [2.05, 4.69) is 9.97 Å². The van der Waals surface area contributed by atoms with E-state index < -0.39 is 0 Å². The Balaban J connectivity index is 2.17. The topological polar surface area (TPSA) is 42.9 Å². The maximum absolute atomic E-state index is 10.6. The number of Topliss-reactive ketones (excluding diaryl/α,β-unsaturated/α-hetero) is 1. The van der Waals surface area contributed by atoms with E-state index in [1.165, 1.54) is 0 Å². The van der Waals surface area contributed by atoms with E-state index in [1.807, 2.05) is 0 Å². The molecule has 0 saturated carbocycles. The van der Waals surface area contributed by atoms with E-state index >= 15 is 0 Å². The number of thioether (sulfide) groups is 1. The Labute approximate surface area is 82.0 Å². The Hall–Kier alpha value is -0.900. The molecule has 0 bridgehead atoms. The number of carbonyl (C=O) groups is 1. The molecule has 0 unspecified atom stereocenters. The average Bonchev–Trinajstić information content (AvgIpc) is 2.14. The Bertz CT molecular complexity index is 264. The zero-order chi connectivity index (χ0) is 9.52. The molecule has 0 radical (unpaired) electrons. The van der Waals surface area contributed by atoms with E-state index in [0.717, 1.165) is 17.2 Å². The summed E-state index contributed by atoms with van der Waals surface area (Å²) < 4.78 is 0. The molecule has 1 aromatic heterocycles. The molecule has 13 heavy (non-hydrogen) atoms. The summed E-state index contributed by atoms with van der Waals surface area (Å²) in [6.07, 6.45) is 6.63. The predicted octanol–water partition coefficient (Wildman–Crippen LogP) is 1.94. The molecule has 0 atom stereocenters. The number of hydrogen-bond donors (Lipinski definition) is 0. The summed E-state index contributed by atoms with van der Waals surface area (Å²) in [6, 6.07) is 0. The molecule has 3 nitrogen and oxygen atoms in total. The molecule has 0 aromatic carbocycles. The maximum Gasteiger partial charge on any atom is 0.129 e. The van der Waals surface area contributed by atoms with Gasteiger partial charge in [0.05, 0.1) is 6.20 Å².